The van der Waals surface area contributed by atoms with Crippen LogP contribution in [-0.2, 0) is 6.42 Å². The monoisotopic (exact) mass is 312 g/mol. The number of aromatic nitrogens is 2. The molecule has 0 bridgehead atoms. The van der Waals surface area contributed by atoms with E-state index in [-0.39, 0.29) is 6.10 Å². The molecule has 3 nitrogen and oxygen atoms in total. The Balaban J connectivity index is 1.59. The van der Waals surface area contributed by atoms with Gasteiger partial charge >= 0.3 is 0 Å². The molecule has 1 N–H and O–H groups in total. The van der Waals surface area contributed by atoms with E-state index < -0.39 is 0 Å². The lowest BCUT2D eigenvalue weighted by Crippen LogP contribution is -2.36. The van der Waals surface area contributed by atoms with Gasteiger partial charge in [-0.25, -0.2) is 0 Å². The van der Waals surface area contributed by atoms with Crippen molar-refractivity contribution in [3.63, 3.8) is 0 Å². The summed E-state index contributed by atoms with van der Waals surface area (Å²) < 4.78 is 2.13. The van der Waals surface area contributed by atoms with Gasteiger partial charge in [-0.15, -0.1) is 0 Å². The average Bonchev–Trinajstić information content (AvgIpc) is 3.09. The molecule has 0 spiro atoms. The molecule has 3 rings (SSSR count). The molecule has 2 fully saturated rings. The Morgan fingerprint density at radius 3 is 2.85 bits per heavy atom. The minimum Gasteiger partial charge on any atom is -0.392 e. The fourth-order valence-electron chi connectivity index (χ4n) is 3.26. The van der Waals surface area contributed by atoms with Gasteiger partial charge in [0.2, 0.25) is 0 Å². The first-order valence-corrected chi connectivity index (χ1v) is 9.79. The van der Waals surface area contributed by atoms with Crippen molar-refractivity contribution in [1.82, 2.24) is 9.78 Å². The number of rotatable bonds is 4. The van der Waals surface area contributed by atoms with E-state index in [2.05, 4.69) is 23.9 Å². The molecular formula is C15H24N2OS2. The molecule has 1 aromatic heterocycles. The minimum atomic E-state index is -0.269. The van der Waals surface area contributed by atoms with Crippen LogP contribution in [0.4, 0.5) is 0 Å². The Bertz CT molecular complexity index is 431. The lowest BCUT2D eigenvalue weighted by atomic mass is 10.1. The molecule has 1 aliphatic carbocycles. The summed E-state index contributed by atoms with van der Waals surface area (Å²) in [6.45, 7) is 2.24. The zero-order valence-electron chi connectivity index (χ0n) is 12.1. The summed E-state index contributed by atoms with van der Waals surface area (Å²) in [5.74, 6) is 2.37. The fourth-order valence-corrected chi connectivity index (χ4v) is 6.11. The van der Waals surface area contributed by atoms with Crippen molar-refractivity contribution in [3.8, 4) is 0 Å². The van der Waals surface area contributed by atoms with E-state index in [1.165, 1.54) is 31.4 Å². The minimum absolute atomic E-state index is 0.269. The van der Waals surface area contributed by atoms with Crippen LogP contribution in [-0.4, -0.2) is 43.0 Å². The molecule has 1 aliphatic heterocycles. The summed E-state index contributed by atoms with van der Waals surface area (Å²) in [6, 6.07) is 2.69. The highest BCUT2D eigenvalue weighted by molar-refractivity contribution is 8.07. The predicted molar refractivity (Wildman–Crippen MR) is 87.6 cm³/mol. The highest BCUT2D eigenvalue weighted by Crippen LogP contribution is 2.34. The Kier molecular flexibility index (Phi) is 5.00. The normalized spacial score (nSPS) is 29.7. The molecule has 3 atom stereocenters. The smallest absolute Gasteiger partial charge is 0.0725 e. The summed E-state index contributed by atoms with van der Waals surface area (Å²) in [6.07, 6.45) is 7.71. The average molecular weight is 313 g/mol. The van der Waals surface area contributed by atoms with Crippen molar-refractivity contribution in [2.75, 3.05) is 11.5 Å². The van der Waals surface area contributed by atoms with Gasteiger partial charge in [-0.2, -0.15) is 28.6 Å². The molecule has 1 saturated carbocycles. The van der Waals surface area contributed by atoms with Crippen molar-refractivity contribution in [2.24, 2.45) is 0 Å². The van der Waals surface area contributed by atoms with E-state index >= 15 is 0 Å². The largest absolute Gasteiger partial charge is 0.392 e. The van der Waals surface area contributed by atoms with Crippen LogP contribution >= 0.6 is 23.5 Å². The van der Waals surface area contributed by atoms with Crippen molar-refractivity contribution >= 4 is 23.5 Å². The third-order valence-electron chi connectivity index (χ3n) is 4.40. The van der Waals surface area contributed by atoms with Gasteiger partial charge in [0, 0.05) is 34.6 Å². The van der Waals surface area contributed by atoms with Crippen LogP contribution in [0.1, 0.15) is 44.3 Å². The standard InChI is InChI=1S/C15H24N2OS2/c1-11-15(20-9-8-19-11)14(18)10-12-6-7-17(16-12)13-4-2-3-5-13/h6-7,11,13-15,18H,2-5,8-10H2,1H3. The summed E-state index contributed by atoms with van der Waals surface area (Å²) in [5.41, 5.74) is 1.05. The van der Waals surface area contributed by atoms with Gasteiger partial charge in [-0.05, 0) is 18.9 Å². The first kappa shape index (κ1) is 14.8. The molecule has 112 valence electrons. The number of thioether (sulfide) groups is 2. The van der Waals surface area contributed by atoms with E-state index in [0.717, 1.165) is 11.4 Å². The maximum absolute atomic E-state index is 10.5. The molecule has 0 amide bonds. The molecule has 0 radical (unpaired) electrons. The Labute approximate surface area is 129 Å². The summed E-state index contributed by atoms with van der Waals surface area (Å²) in [4.78, 5) is 0. The molecular weight excluding hydrogens is 288 g/mol. The van der Waals surface area contributed by atoms with Gasteiger partial charge in [-0.3, -0.25) is 4.68 Å². The Hall–Kier alpha value is -0.130. The second-order valence-corrected chi connectivity index (χ2v) is 8.68. The molecule has 1 saturated heterocycles. The fraction of sp³-hybridized carbons (Fsp3) is 0.800. The van der Waals surface area contributed by atoms with Gasteiger partial charge in [0.25, 0.3) is 0 Å². The summed E-state index contributed by atoms with van der Waals surface area (Å²) in [7, 11) is 0. The third kappa shape index (κ3) is 3.37. The maximum Gasteiger partial charge on any atom is 0.0725 e. The SMILES string of the molecule is CC1SCCSC1C(O)Cc1ccn(C2CCCC2)n1. The van der Waals surface area contributed by atoms with E-state index in [0.29, 0.717) is 23.0 Å². The topological polar surface area (TPSA) is 38.0 Å². The second-order valence-electron chi connectivity index (χ2n) is 5.91. The van der Waals surface area contributed by atoms with E-state index in [9.17, 15) is 5.11 Å². The van der Waals surface area contributed by atoms with Crippen molar-refractivity contribution in [3.05, 3.63) is 18.0 Å². The number of aliphatic hydroxyl groups excluding tert-OH is 1. The summed E-state index contributed by atoms with van der Waals surface area (Å²) >= 11 is 3.91. The first-order chi connectivity index (χ1) is 9.74. The number of aliphatic hydroxyl groups is 1. The predicted octanol–water partition coefficient (Wildman–Crippen LogP) is 3.14. The van der Waals surface area contributed by atoms with Gasteiger partial charge in [-0.1, -0.05) is 19.8 Å². The number of hydrogen-bond acceptors (Lipinski definition) is 4. The van der Waals surface area contributed by atoms with Crippen molar-refractivity contribution in [2.45, 2.75) is 61.7 Å². The molecule has 0 aromatic carbocycles. The van der Waals surface area contributed by atoms with Crippen LogP contribution in [0.5, 0.6) is 0 Å². The van der Waals surface area contributed by atoms with Crippen molar-refractivity contribution in [1.29, 1.82) is 0 Å². The van der Waals surface area contributed by atoms with E-state index in [4.69, 9.17) is 5.10 Å². The zero-order valence-corrected chi connectivity index (χ0v) is 13.7. The van der Waals surface area contributed by atoms with Crippen molar-refractivity contribution < 1.29 is 5.11 Å². The van der Waals surface area contributed by atoms with E-state index in [1.807, 2.05) is 23.5 Å². The summed E-state index contributed by atoms with van der Waals surface area (Å²) in [5, 5.41) is 16.1. The van der Waals surface area contributed by atoms with Crippen LogP contribution in [0, 0.1) is 0 Å². The molecule has 2 aliphatic rings. The van der Waals surface area contributed by atoms with Crippen LogP contribution in [0.15, 0.2) is 12.3 Å². The van der Waals surface area contributed by atoms with Gasteiger partial charge in [0.05, 0.1) is 17.8 Å². The Morgan fingerprint density at radius 1 is 1.35 bits per heavy atom. The third-order valence-corrected chi connectivity index (χ3v) is 7.63. The zero-order chi connectivity index (χ0) is 13.9. The second kappa shape index (κ2) is 6.75. The number of hydrogen-bond donors (Lipinski definition) is 1. The highest BCUT2D eigenvalue weighted by atomic mass is 32.2. The highest BCUT2D eigenvalue weighted by Gasteiger charge is 2.29. The van der Waals surface area contributed by atoms with Crippen LogP contribution < -0.4 is 0 Å². The number of nitrogens with zero attached hydrogens (tertiary/aromatic N) is 2. The lowest BCUT2D eigenvalue weighted by Gasteiger charge is -2.31. The van der Waals surface area contributed by atoms with Crippen LogP contribution in [0.25, 0.3) is 0 Å². The molecule has 5 heteroatoms. The van der Waals surface area contributed by atoms with Gasteiger partial charge in [0.1, 0.15) is 0 Å². The quantitative estimate of drug-likeness (QED) is 0.927. The molecule has 20 heavy (non-hydrogen) atoms. The van der Waals surface area contributed by atoms with Crippen LogP contribution in [0.3, 0.4) is 0 Å². The molecule has 2 heterocycles. The first-order valence-electron chi connectivity index (χ1n) is 7.69. The Morgan fingerprint density at radius 2 is 2.10 bits per heavy atom. The lowest BCUT2D eigenvalue weighted by molar-refractivity contribution is 0.169. The maximum atomic E-state index is 10.5. The molecule has 3 unspecified atom stereocenters. The molecule has 1 aromatic rings. The van der Waals surface area contributed by atoms with E-state index in [1.54, 1.807) is 0 Å². The van der Waals surface area contributed by atoms with Gasteiger partial charge < -0.3 is 5.11 Å². The van der Waals surface area contributed by atoms with Gasteiger partial charge in [0.15, 0.2) is 0 Å². The van der Waals surface area contributed by atoms with Crippen LogP contribution in [0.2, 0.25) is 0 Å².